The van der Waals surface area contributed by atoms with Gasteiger partial charge in [-0.2, -0.15) is 18.2 Å². The highest BCUT2D eigenvalue weighted by molar-refractivity contribution is 7.98. The normalized spacial score (nSPS) is 23.0. The van der Waals surface area contributed by atoms with Crippen LogP contribution in [0.3, 0.4) is 0 Å². The van der Waals surface area contributed by atoms with Crippen molar-refractivity contribution < 1.29 is 55.3 Å². The van der Waals surface area contributed by atoms with Crippen LogP contribution in [0.5, 0.6) is 0 Å². The summed E-state index contributed by atoms with van der Waals surface area (Å²) in [5, 5.41) is -1.07. The highest BCUT2D eigenvalue weighted by Gasteiger charge is 2.30. The van der Waals surface area contributed by atoms with Gasteiger partial charge in [0.15, 0.2) is 5.16 Å². The molecule has 0 bridgehead atoms. The van der Waals surface area contributed by atoms with E-state index in [2.05, 4.69) is 4.98 Å². The first-order valence-corrected chi connectivity index (χ1v) is 14.2. The minimum Gasteiger partial charge on any atom is -0.336 e. The van der Waals surface area contributed by atoms with E-state index >= 15 is 4.79 Å². The van der Waals surface area contributed by atoms with Crippen molar-refractivity contribution in [3.63, 3.8) is 0 Å². The Bertz CT molecular complexity index is 2730. The van der Waals surface area contributed by atoms with Gasteiger partial charge in [-0.25, -0.2) is 4.39 Å². The van der Waals surface area contributed by atoms with E-state index in [4.69, 9.17) is 24.7 Å². The number of thioether (sulfide) groups is 1. The predicted octanol–water partition coefficient (Wildman–Crippen LogP) is 7.22. The summed E-state index contributed by atoms with van der Waals surface area (Å²) in [4.78, 5) is 30.0. The van der Waals surface area contributed by atoms with E-state index in [0.717, 1.165) is 24.3 Å². The zero-order chi connectivity index (χ0) is 54.6. The third-order valence-corrected chi connectivity index (χ3v) is 7.26. The van der Waals surface area contributed by atoms with Gasteiger partial charge in [0, 0.05) is 55.6 Å². The molecule has 0 fully saturated rings. The summed E-state index contributed by atoms with van der Waals surface area (Å²) in [6.45, 7) is -37.2. The molecule has 0 saturated heterocycles. The van der Waals surface area contributed by atoms with Crippen LogP contribution in [0.2, 0.25) is 0 Å². The maximum absolute atomic E-state index is 15.4. The van der Waals surface area contributed by atoms with Gasteiger partial charge in [-0.15, -0.1) is 0 Å². The number of rotatable bonds is 13. The number of likely N-dealkylation sites (N-methyl/N-ethyl adjacent to an activating group) is 1. The Balaban J connectivity index is 1.91. The molecule has 5 rings (SSSR count). The fraction of sp³-hybridized carbons (Fsp3) is 0.361. The molecule has 0 spiro atoms. The number of carbonyl (C=O) groups is 1. The monoisotopic (exact) mass is 690 g/mol. The van der Waals surface area contributed by atoms with E-state index in [-0.39, 0.29) is 46.7 Å². The van der Waals surface area contributed by atoms with Crippen LogP contribution in [0.25, 0.3) is 11.1 Å². The van der Waals surface area contributed by atoms with Crippen molar-refractivity contribution in [2.75, 3.05) is 26.0 Å². The predicted molar refractivity (Wildman–Crippen MR) is 177 cm³/mol. The lowest BCUT2D eigenvalue weighted by Crippen LogP contribution is -2.40. The molecule has 1 heterocycles. The van der Waals surface area contributed by atoms with Crippen molar-refractivity contribution in [1.82, 2.24) is 19.4 Å². The summed E-state index contributed by atoms with van der Waals surface area (Å²) >= 11 is -0.102. The molecule has 11 heteroatoms. The molecule has 6 nitrogen and oxygen atoms in total. The van der Waals surface area contributed by atoms with Crippen molar-refractivity contribution in [3.05, 3.63) is 117 Å². The lowest BCUT2D eigenvalue weighted by molar-refractivity contribution is -0.137. The molecule has 3 aromatic carbocycles. The molecule has 1 aliphatic carbocycles. The standard InChI is InChI=1S/C36H38F4N4O2S/c1-3-42(4-2)20-21-43(22-25-8-12-27(13-9-25)28-14-16-29(17-15-28)36(38,39)40)33(45)23-44-32-7-5-6-31(32)34(46)41-35(44)47-24-26-10-18-30(37)19-11-26/h8-19H,3-7,20-24H2,1-2H3/i1D3,2D3,3D2,4D2,8D,9D,12D,13D,20D2,21D2,22D2,23D2,24D2. The Morgan fingerprint density at radius 3 is 2.34 bits per heavy atom. The molecule has 1 amide bonds. The van der Waals surface area contributed by atoms with Crippen LogP contribution in [0.1, 0.15) is 81.0 Å². The quantitative estimate of drug-likeness (QED) is 0.0843. The fourth-order valence-electron chi connectivity index (χ4n) is 4.24. The van der Waals surface area contributed by atoms with Crippen LogP contribution >= 0.6 is 11.8 Å². The first-order valence-electron chi connectivity index (χ1n) is 25.4. The van der Waals surface area contributed by atoms with Crippen LogP contribution in [-0.2, 0) is 42.5 Å². The molecule has 1 aromatic heterocycles. The molecule has 0 N–H and O–H groups in total. The molecule has 1 aliphatic rings. The molecular formula is C36H38F4N4O2S. The van der Waals surface area contributed by atoms with Crippen LogP contribution in [0.4, 0.5) is 17.6 Å². The Labute approximate surface area is 310 Å². The Kier molecular flexibility index (Phi) is 4.91. The van der Waals surface area contributed by atoms with Gasteiger partial charge in [-0.1, -0.05) is 73.9 Å². The average molecular weight is 691 g/mol. The summed E-state index contributed by atoms with van der Waals surface area (Å²) in [5.41, 5.74) is -9.44. The van der Waals surface area contributed by atoms with Crippen molar-refractivity contribution in [2.45, 2.75) is 63.0 Å². The second-order valence-corrected chi connectivity index (χ2v) is 10.3. The Hall–Kier alpha value is -3.96. The molecule has 248 valence electrons. The molecule has 0 unspecified atom stereocenters. The number of nitrogens with zero attached hydrogens (tertiary/aromatic N) is 4. The van der Waals surface area contributed by atoms with Crippen LogP contribution in [0.15, 0.2) is 82.7 Å². The van der Waals surface area contributed by atoms with Gasteiger partial charge in [0.2, 0.25) is 5.91 Å². The number of hydrogen-bond acceptors (Lipinski definition) is 5. The molecule has 4 aromatic rings. The number of amides is 1. The minimum absolute atomic E-state index is 0.00102. The Morgan fingerprint density at radius 1 is 0.979 bits per heavy atom. The Morgan fingerprint density at radius 2 is 1.68 bits per heavy atom. The first kappa shape index (κ1) is 15.1. The number of halogens is 4. The van der Waals surface area contributed by atoms with Crippen molar-refractivity contribution in [3.8, 4) is 11.1 Å². The SMILES string of the molecule is [2H]c1c([2H])c(C([2H])([2H])N(C(=O)C([2H])([2H])n2c(SC([2H])([2H])c3ccc(F)cc3)nc(=O)c3c2CCC3)C([2H])([2H])C([2H])([2H])N(C([2H])([2H])C([2H])([2H])[2H])C([2H])([2H])C([2H])([2H])[2H])c([2H])c([2H])c1-c1ccc(C(F)(F)F)cc1. The van der Waals surface area contributed by atoms with Gasteiger partial charge >= 0.3 is 6.18 Å². The van der Waals surface area contributed by atoms with E-state index < -0.39 is 149 Å². The minimum atomic E-state index is -5.11. The molecule has 0 aliphatic heterocycles. The van der Waals surface area contributed by atoms with Crippen LogP contribution in [-0.4, -0.2) is 51.2 Å². The summed E-state index contributed by atoms with van der Waals surface area (Å²) in [6.07, 6.45) is -5.45. The summed E-state index contributed by atoms with van der Waals surface area (Å²) in [5.74, 6) is -3.59. The summed E-state index contributed by atoms with van der Waals surface area (Å²) in [7, 11) is 0. The first-order chi connectivity index (χ1) is 31.8. The van der Waals surface area contributed by atoms with Crippen molar-refractivity contribution in [1.29, 1.82) is 0 Å². The summed E-state index contributed by atoms with van der Waals surface area (Å²) in [6, 6.07) is 0.0242. The molecule has 0 atom stereocenters. The van der Waals surface area contributed by atoms with Gasteiger partial charge in [-0.05, 0) is 78.8 Å². The number of carbonyl (C=O) groups excluding carboxylic acids is 1. The lowest BCUT2D eigenvalue weighted by Gasteiger charge is -2.28. The number of aromatic nitrogens is 2. The zero-order valence-corrected chi connectivity index (χ0v) is 24.6. The second kappa shape index (κ2) is 15.3. The highest BCUT2D eigenvalue weighted by Crippen LogP contribution is 2.31. The largest absolute Gasteiger partial charge is 0.416 e. The maximum atomic E-state index is 15.4. The number of benzene rings is 3. The number of alkyl halides is 3. The van der Waals surface area contributed by atoms with Gasteiger partial charge < -0.3 is 14.4 Å². The van der Waals surface area contributed by atoms with E-state index in [1.165, 1.54) is 0 Å². The molecule has 47 heavy (non-hydrogen) atoms. The smallest absolute Gasteiger partial charge is 0.336 e. The fourth-order valence-corrected chi connectivity index (χ4v) is 4.96. The third kappa shape index (κ3) is 8.70. The van der Waals surface area contributed by atoms with E-state index in [9.17, 15) is 30.6 Å². The lowest BCUT2D eigenvalue weighted by atomic mass is 10.0. The van der Waals surface area contributed by atoms with Gasteiger partial charge in [0.1, 0.15) is 12.3 Å². The second-order valence-electron chi connectivity index (χ2n) is 9.50. The number of fused-ring (bicyclic) bond motifs is 1. The van der Waals surface area contributed by atoms with Crippen LogP contribution in [0, 0.1) is 5.82 Å². The highest BCUT2D eigenvalue weighted by atomic mass is 32.2. The van der Waals surface area contributed by atoms with Crippen molar-refractivity contribution >= 4 is 17.7 Å². The van der Waals surface area contributed by atoms with Gasteiger partial charge in [0.25, 0.3) is 5.56 Å². The molecule has 0 saturated carbocycles. The topological polar surface area (TPSA) is 58.4 Å². The zero-order valence-electron chi connectivity index (χ0n) is 47.8. The molecular weight excluding hydrogens is 628 g/mol. The average Bonchev–Trinajstić information content (AvgIpc) is 3.69. The third-order valence-electron chi connectivity index (χ3n) is 6.47. The summed E-state index contributed by atoms with van der Waals surface area (Å²) < 4.78 is 262. The molecule has 0 radical (unpaired) electrons. The van der Waals surface area contributed by atoms with Crippen molar-refractivity contribution in [2.24, 2.45) is 0 Å². The van der Waals surface area contributed by atoms with E-state index in [1.54, 1.807) is 0 Å². The van der Waals surface area contributed by atoms with E-state index in [0.29, 0.717) is 24.3 Å². The maximum Gasteiger partial charge on any atom is 0.416 e. The van der Waals surface area contributed by atoms with Gasteiger partial charge in [0.05, 0.1) is 19.3 Å². The van der Waals surface area contributed by atoms with E-state index in [1.807, 2.05) is 0 Å². The van der Waals surface area contributed by atoms with Gasteiger partial charge in [-0.3, -0.25) is 9.59 Å². The number of hydrogen-bond donors (Lipinski definition) is 0. The van der Waals surface area contributed by atoms with Crippen LogP contribution < -0.4 is 5.56 Å².